The third kappa shape index (κ3) is 3.54. The van der Waals surface area contributed by atoms with Crippen LogP contribution in [0.3, 0.4) is 0 Å². The Morgan fingerprint density at radius 3 is 2.83 bits per heavy atom. The Labute approximate surface area is 142 Å². The molecule has 0 saturated carbocycles. The molecule has 1 saturated heterocycles. The summed E-state index contributed by atoms with van der Waals surface area (Å²) < 4.78 is 7.69. The number of aliphatic imine (C=N–C) groups is 1. The van der Waals surface area contributed by atoms with Crippen molar-refractivity contribution in [1.82, 2.24) is 19.5 Å². The van der Waals surface area contributed by atoms with Crippen molar-refractivity contribution in [1.29, 1.82) is 5.26 Å². The number of ether oxygens (including phenoxy) is 1. The maximum atomic E-state index is 9.19. The van der Waals surface area contributed by atoms with Crippen molar-refractivity contribution in [3.63, 3.8) is 0 Å². The van der Waals surface area contributed by atoms with E-state index in [1.165, 1.54) is 6.33 Å². The standard InChI is InChI=1S/C15H18N6O.C2H6/c1-15(8-16)7-6-13(22-15)11-4-5-12-14(18-10-20(2)3)17-9-19-21(11)12;1-2/h4-5,9-10,13H,6-7H2,1-3H3;1-2H3. The highest BCUT2D eigenvalue weighted by molar-refractivity contribution is 5.70. The van der Waals surface area contributed by atoms with Gasteiger partial charge < -0.3 is 9.64 Å². The average Bonchev–Trinajstić information content (AvgIpc) is 3.19. The molecule has 7 nitrogen and oxygen atoms in total. The lowest BCUT2D eigenvalue weighted by atomic mass is 10.0. The third-order valence-corrected chi connectivity index (χ3v) is 3.72. The summed E-state index contributed by atoms with van der Waals surface area (Å²) in [5, 5.41) is 13.5. The molecule has 0 aliphatic carbocycles. The lowest BCUT2D eigenvalue weighted by molar-refractivity contribution is 0.00625. The smallest absolute Gasteiger partial charge is 0.181 e. The highest BCUT2D eigenvalue weighted by atomic mass is 16.5. The number of aromatic nitrogens is 3. The van der Waals surface area contributed by atoms with Crippen molar-refractivity contribution in [3.05, 3.63) is 24.2 Å². The molecule has 3 heterocycles. The molecular formula is C17H24N6O. The Bertz CT molecular complexity index is 760. The second kappa shape index (κ2) is 7.41. The van der Waals surface area contributed by atoms with Crippen LogP contribution in [0.4, 0.5) is 5.82 Å². The van der Waals surface area contributed by atoms with Gasteiger partial charge in [0, 0.05) is 14.1 Å². The highest BCUT2D eigenvalue weighted by Crippen LogP contribution is 2.39. The van der Waals surface area contributed by atoms with E-state index in [1.807, 2.05) is 51.9 Å². The van der Waals surface area contributed by atoms with Gasteiger partial charge in [-0.15, -0.1) is 0 Å². The summed E-state index contributed by atoms with van der Waals surface area (Å²) in [5.41, 5.74) is 1.04. The van der Waals surface area contributed by atoms with Crippen LogP contribution < -0.4 is 0 Å². The molecular weight excluding hydrogens is 304 g/mol. The predicted octanol–water partition coefficient (Wildman–Crippen LogP) is 3.11. The summed E-state index contributed by atoms with van der Waals surface area (Å²) in [6.45, 7) is 5.82. The van der Waals surface area contributed by atoms with Gasteiger partial charge in [-0.05, 0) is 31.9 Å². The third-order valence-electron chi connectivity index (χ3n) is 3.72. The molecule has 0 bridgehead atoms. The normalized spacial score (nSPS) is 23.1. The van der Waals surface area contributed by atoms with Crippen molar-refractivity contribution in [2.75, 3.05) is 14.1 Å². The zero-order valence-electron chi connectivity index (χ0n) is 14.9. The quantitative estimate of drug-likeness (QED) is 0.639. The van der Waals surface area contributed by atoms with Crippen molar-refractivity contribution in [2.45, 2.75) is 45.3 Å². The number of rotatable bonds is 3. The second-order valence-electron chi connectivity index (χ2n) is 5.83. The first kappa shape index (κ1) is 17.9. The molecule has 3 rings (SSSR count). The Balaban J connectivity index is 0.00000100. The van der Waals surface area contributed by atoms with Crippen LogP contribution in [0.15, 0.2) is 23.5 Å². The Morgan fingerprint density at radius 1 is 1.46 bits per heavy atom. The summed E-state index contributed by atoms with van der Waals surface area (Å²) in [4.78, 5) is 10.4. The van der Waals surface area contributed by atoms with Crippen molar-refractivity contribution in [3.8, 4) is 6.07 Å². The topological polar surface area (TPSA) is 78.8 Å². The molecule has 1 aliphatic heterocycles. The summed E-state index contributed by atoms with van der Waals surface area (Å²) >= 11 is 0. The number of nitriles is 1. The van der Waals surface area contributed by atoms with Gasteiger partial charge in [-0.1, -0.05) is 13.8 Å². The summed E-state index contributed by atoms with van der Waals surface area (Å²) in [7, 11) is 3.81. The van der Waals surface area contributed by atoms with Crippen LogP contribution in [-0.2, 0) is 4.74 Å². The van der Waals surface area contributed by atoms with Crippen molar-refractivity contribution >= 4 is 17.7 Å². The van der Waals surface area contributed by atoms with Gasteiger partial charge >= 0.3 is 0 Å². The minimum Gasteiger partial charge on any atom is -0.369 e. The molecule has 1 fully saturated rings. The van der Waals surface area contributed by atoms with E-state index in [1.54, 1.807) is 10.9 Å². The number of hydrogen-bond donors (Lipinski definition) is 0. The minimum absolute atomic E-state index is 0.132. The molecule has 2 aromatic rings. The molecule has 24 heavy (non-hydrogen) atoms. The van der Waals surface area contributed by atoms with Crippen LogP contribution in [0.25, 0.3) is 5.52 Å². The van der Waals surface area contributed by atoms with Gasteiger partial charge in [0.1, 0.15) is 17.9 Å². The van der Waals surface area contributed by atoms with Crippen molar-refractivity contribution in [2.24, 2.45) is 4.99 Å². The van der Waals surface area contributed by atoms with Gasteiger partial charge in [0.25, 0.3) is 0 Å². The molecule has 0 amide bonds. The van der Waals surface area contributed by atoms with E-state index in [2.05, 4.69) is 21.1 Å². The fraction of sp³-hybridized carbons (Fsp3) is 0.529. The van der Waals surface area contributed by atoms with Crippen LogP contribution in [-0.4, -0.2) is 45.5 Å². The Kier molecular flexibility index (Phi) is 5.52. The van der Waals surface area contributed by atoms with E-state index in [9.17, 15) is 5.26 Å². The molecule has 0 radical (unpaired) electrons. The van der Waals surface area contributed by atoms with Gasteiger partial charge in [-0.25, -0.2) is 14.5 Å². The van der Waals surface area contributed by atoms with E-state index in [4.69, 9.17) is 4.74 Å². The maximum Gasteiger partial charge on any atom is 0.181 e. The van der Waals surface area contributed by atoms with E-state index >= 15 is 0 Å². The number of hydrogen-bond acceptors (Lipinski definition) is 5. The van der Waals surface area contributed by atoms with Gasteiger partial charge in [-0.3, -0.25) is 0 Å². The number of fused-ring (bicyclic) bond motifs is 1. The highest BCUT2D eigenvalue weighted by Gasteiger charge is 2.38. The van der Waals surface area contributed by atoms with E-state index in [0.29, 0.717) is 5.82 Å². The zero-order valence-corrected chi connectivity index (χ0v) is 14.9. The first-order valence-electron chi connectivity index (χ1n) is 8.15. The monoisotopic (exact) mass is 328 g/mol. The van der Waals surface area contributed by atoms with Crippen molar-refractivity contribution < 1.29 is 4.74 Å². The first-order valence-corrected chi connectivity index (χ1v) is 8.15. The number of nitrogens with zero attached hydrogens (tertiary/aromatic N) is 6. The molecule has 2 atom stereocenters. The van der Waals surface area contributed by atoms with Gasteiger partial charge in [-0.2, -0.15) is 10.4 Å². The van der Waals surface area contributed by atoms with Crippen LogP contribution >= 0.6 is 0 Å². The molecule has 2 aromatic heterocycles. The molecule has 0 aromatic carbocycles. The molecule has 0 N–H and O–H groups in total. The first-order chi connectivity index (χ1) is 11.5. The van der Waals surface area contributed by atoms with Crippen LogP contribution in [0.1, 0.15) is 45.4 Å². The molecule has 2 unspecified atom stereocenters. The fourth-order valence-electron chi connectivity index (χ4n) is 2.58. The van der Waals surface area contributed by atoms with Crippen LogP contribution in [0.5, 0.6) is 0 Å². The summed E-state index contributed by atoms with van der Waals surface area (Å²) in [6, 6.07) is 6.13. The van der Waals surface area contributed by atoms with E-state index < -0.39 is 5.60 Å². The SMILES string of the molecule is CC.CN(C)C=Nc1ncnn2c(C3CCC(C)(C#N)O3)ccc12. The second-order valence-corrected chi connectivity index (χ2v) is 5.83. The molecule has 1 aliphatic rings. The van der Waals surface area contributed by atoms with Gasteiger partial charge in [0.15, 0.2) is 11.4 Å². The van der Waals surface area contributed by atoms with Gasteiger partial charge in [0.05, 0.1) is 18.1 Å². The molecule has 128 valence electrons. The van der Waals surface area contributed by atoms with E-state index in [-0.39, 0.29) is 6.10 Å². The lowest BCUT2D eigenvalue weighted by Gasteiger charge is -2.16. The average molecular weight is 328 g/mol. The Hall–Kier alpha value is -2.46. The lowest BCUT2D eigenvalue weighted by Crippen LogP contribution is -2.20. The molecule has 0 spiro atoms. The van der Waals surface area contributed by atoms with Gasteiger partial charge in [0.2, 0.25) is 0 Å². The fourth-order valence-corrected chi connectivity index (χ4v) is 2.58. The van der Waals surface area contributed by atoms with Crippen LogP contribution in [0, 0.1) is 11.3 Å². The van der Waals surface area contributed by atoms with E-state index in [0.717, 1.165) is 24.1 Å². The zero-order chi connectivity index (χ0) is 17.7. The minimum atomic E-state index is -0.715. The summed E-state index contributed by atoms with van der Waals surface area (Å²) in [5.74, 6) is 0.607. The Morgan fingerprint density at radius 2 is 2.21 bits per heavy atom. The predicted molar refractivity (Wildman–Crippen MR) is 93.3 cm³/mol. The maximum absolute atomic E-state index is 9.19. The largest absolute Gasteiger partial charge is 0.369 e. The van der Waals surface area contributed by atoms with Crippen LogP contribution in [0.2, 0.25) is 0 Å². The molecule has 7 heteroatoms. The summed E-state index contributed by atoms with van der Waals surface area (Å²) in [6.07, 6.45) is 4.58.